The van der Waals surface area contributed by atoms with Gasteiger partial charge in [-0.25, -0.2) is 0 Å². The molecule has 0 aromatic heterocycles. The van der Waals surface area contributed by atoms with Gasteiger partial charge in [0, 0.05) is 6.04 Å². The second-order valence-corrected chi connectivity index (χ2v) is 3.89. The molecule has 2 fully saturated rings. The van der Waals surface area contributed by atoms with E-state index in [0.29, 0.717) is 6.04 Å². The van der Waals surface area contributed by atoms with E-state index in [-0.39, 0.29) is 0 Å². The number of rotatable bonds is 1. The first-order valence-corrected chi connectivity index (χ1v) is 4.27. The highest BCUT2D eigenvalue weighted by Crippen LogP contribution is 2.49. The van der Waals surface area contributed by atoms with Gasteiger partial charge in [-0.15, -0.1) is 0 Å². The molecular formula is C8H16N2. The summed E-state index contributed by atoms with van der Waals surface area (Å²) in [6.45, 7) is 0.883. The molecular weight excluding hydrogens is 124 g/mol. The van der Waals surface area contributed by atoms with E-state index >= 15 is 0 Å². The molecule has 2 nitrogen and oxygen atoms in total. The van der Waals surface area contributed by atoms with Crippen LogP contribution in [0.2, 0.25) is 0 Å². The van der Waals surface area contributed by atoms with Gasteiger partial charge in [-0.2, -0.15) is 0 Å². The lowest BCUT2D eigenvalue weighted by Crippen LogP contribution is -2.37. The fourth-order valence-corrected chi connectivity index (χ4v) is 2.69. The predicted molar refractivity (Wildman–Crippen MR) is 41.4 cm³/mol. The minimum Gasteiger partial charge on any atom is -0.330 e. The number of hydrogen-bond donors (Lipinski definition) is 2. The Bertz CT molecular complexity index is 131. The van der Waals surface area contributed by atoms with Crippen molar-refractivity contribution in [1.29, 1.82) is 0 Å². The molecule has 0 radical (unpaired) electrons. The van der Waals surface area contributed by atoms with Gasteiger partial charge in [0.05, 0.1) is 0 Å². The van der Waals surface area contributed by atoms with Crippen molar-refractivity contribution in [3.05, 3.63) is 0 Å². The van der Waals surface area contributed by atoms with Crippen molar-refractivity contribution < 1.29 is 0 Å². The molecule has 2 aliphatic carbocycles. The first kappa shape index (κ1) is 6.62. The summed E-state index contributed by atoms with van der Waals surface area (Å²) in [4.78, 5) is 0. The molecule has 0 bridgehead atoms. The van der Waals surface area contributed by atoms with Gasteiger partial charge in [0.2, 0.25) is 0 Å². The monoisotopic (exact) mass is 140 g/mol. The summed E-state index contributed by atoms with van der Waals surface area (Å²) in [6, 6.07) is 0.492. The average molecular weight is 140 g/mol. The van der Waals surface area contributed by atoms with Crippen molar-refractivity contribution in [2.45, 2.75) is 25.3 Å². The van der Waals surface area contributed by atoms with E-state index in [0.717, 1.165) is 24.3 Å². The van der Waals surface area contributed by atoms with Gasteiger partial charge in [0.1, 0.15) is 0 Å². The zero-order valence-corrected chi connectivity index (χ0v) is 6.29. The van der Waals surface area contributed by atoms with Crippen molar-refractivity contribution in [1.82, 2.24) is 0 Å². The van der Waals surface area contributed by atoms with Crippen molar-refractivity contribution in [3.63, 3.8) is 0 Å². The number of nitrogens with two attached hydrogens (primary N) is 2. The van der Waals surface area contributed by atoms with Gasteiger partial charge in [0.25, 0.3) is 0 Å². The fourth-order valence-electron chi connectivity index (χ4n) is 2.69. The van der Waals surface area contributed by atoms with Crippen molar-refractivity contribution in [2.75, 3.05) is 6.54 Å². The molecule has 0 saturated heterocycles. The maximum atomic E-state index is 5.83. The quantitative estimate of drug-likeness (QED) is 0.551. The molecule has 0 spiro atoms. The molecule has 2 heteroatoms. The van der Waals surface area contributed by atoms with Crippen LogP contribution in [0, 0.1) is 17.8 Å². The topological polar surface area (TPSA) is 52.0 Å². The lowest BCUT2D eigenvalue weighted by molar-refractivity contribution is 0.111. The van der Waals surface area contributed by atoms with Crippen LogP contribution >= 0.6 is 0 Å². The summed E-state index contributed by atoms with van der Waals surface area (Å²) in [6.07, 6.45) is 3.86. The smallest absolute Gasteiger partial charge is 0.00444 e. The maximum Gasteiger partial charge on any atom is 0.00444 e. The Balaban J connectivity index is 1.93. The lowest BCUT2D eigenvalue weighted by atomic mass is 9.67. The van der Waals surface area contributed by atoms with Crippen molar-refractivity contribution >= 4 is 0 Å². The normalized spacial score (nSPS) is 52.2. The molecule has 10 heavy (non-hydrogen) atoms. The molecule has 0 heterocycles. The van der Waals surface area contributed by atoms with Crippen LogP contribution in [0.3, 0.4) is 0 Å². The lowest BCUT2D eigenvalue weighted by Gasteiger charge is -2.39. The minimum absolute atomic E-state index is 0.492. The average Bonchev–Trinajstić information content (AvgIpc) is 2.15. The van der Waals surface area contributed by atoms with Gasteiger partial charge < -0.3 is 11.5 Å². The van der Waals surface area contributed by atoms with Crippen LogP contribution in [-0.2, 0) is 0 Å². The number of fused-ring (bicyclic) bond motifs is 1. The molecule has 4 N–H and O–H groups in total. The van der Waals surface area contributed by atoms with Crippen molar-refractivity contribution in [2.24, 2.45) is 29.2 Å². The molecule has 0 amide bonds. The van der Waals surface area contributed by atoms with Gasteiger partial charge >= 0.3 is 0 Å². The predicted octanol–water partition coefficient (Wildman–Crippen LogP) is 0.319. The van der Waals surface area contributed by atoms with E-state index in [4.69, 9.17) is 11.5 Å². The highest BCUT2D eigenvalue weighted by molar-refractivity contribution is 4.98. The van der Waals surface area contributed by atoms with Gasteiger partial charge in [-0.05, 0) is 43.6 Å². The van der Waals surface area contributed by atoms with Crippen LogP contribution in [-0.4, -0.2) is 12.6 Å². The summed E-state index contributed by atoms with van der Waals surface area (Å²) in [7, 11) is 0. The summed E-state index contributed by atoms with van der Waals surface area (Å²) in [5, 5.41) is 0. The Morgan fingerprint density at radius 1 is 1.20 bits per heavy atom. The molecule has 4 unspecified atom stereocenters. The molecule has 0 aromatic carbocycles. The van der Waals surface area contributed by atoms with Gasteiger partial charge in [-0.3, -0.25) is 0 Å². The third-order valence-electron chi connectivity index (χ3n) is 3.30. The Labute approximate surface area is 62.0 Å². The van der Waals surface area contributed by atoms with Gasteiger partial charge in [0.15, 0.2) is 0 Å². The summed E-state index contributed by atoms with van der Waals surface area (Å²) < 4.78 is 0. The Kier molecular flexibility index (Phi) is 1.46. The Hall–Kier alpha value is -0.0800. The fraction of sp³-hybridized carbons (Fsp3) is 1.00. The summed E-state index contributed by atoms with van der Waals surface area (Å²) >= 11 is 0. The van der Waals surface area contributed by atoms with E-state index in [9.17, 15) is 0 Å². The van der Waals surface area contributed by atoms with E-state index < -0.39 is 0 Å². The molecule has 2 rings (SSSR count). The third kappa shape index (κ3) is 0.789. The Morgan fingerprint density at radius 3 is 2.60 bits per heavy atom. The second-order valence-electron chi connectivity index (χ2n) is 3.89. The summed E-state index contributed by atoms with van der Waals surface area (Å²) in [5.41, 5.74) is 11.4. The van der Waals surface area contributed by atoms with E-state index in [1.165, 1.54) is 19.3 Å². The Morgan fingerprint density at radius 2 is 2.00 bits per heavy atom. The highest BCUT2D eigenvalue weighted by atomic mass is 14.7. The first-order valence-electron chi connectivity index (χ1n) is 4.27. The zero-order valence-electron chi connectivity index (χ0n) is 6.29. The first-order chi connectivity index (χ1) is 4.81. The van der Waals surface area contributed by atoms with Crippen LogP contribution in [0.4, 0.5) is 0 Å². The SMILES string of the molecule is NCC1CC2CC(N)CC12. The molecule has 0 aromatic rings. The van der Waals surface area contributed by atoms with Crippen LogP contribution < -0.4 is 11.5 Å². The number of hydrogen-bond acceptors (Lipinski definition) is 2. The van der Waals surface area contributed by atoms with E-state index in [1.807, 2.05) is 0 Å². The molecule has 0 aliphatic heterocycles. The van der Waals surface area contributed by atoms with Crippen LogP contribution in [0.1, 0.15) is 19.3 Å². The largest absolute Gasteiger partial charge is 0.330 e. The molecule has 2 aliphatic rings. The zero-order chi connectivity index (χ0) is 7.14. The molecule has 4 atom stereocenters. The highest BCUT2D eigenvalue weighted by Gasteiger charge is 2.45. The second kappa shape index (κ2) is 2.21. The summed E-state index contributed by atoms with van der Waals surface area (Å²) in [5.74, 6) is 2.67. The standard InChI is InChI=1S/C8H16N2/c9-4-6-1-5-2-7(10)3-8(5)6/h5-8H,1-4,9-10H2. The van der Waals surface area contributed by atoms with E-state index in [1.54, 1.807) is 0 Å². The maximum absolute atomic E-state index is 5.83. The minimum atomic E-state index is 0.492. The molecule has 58 valence electrons. The van der Waals surface area contributed by atoms with Crippen LogP contribution in [0.5, 0.6) is 0 Å². The van der Waals surface area contributed by atoms with E-state index in [2.05, 4.69) is 0 Å². The molecule has 2 saturated carbocycles. The van der Waals surface area contributed by atoms with Gasteiger partial charge in [-0.1, -0.05) is 0 Å². The van der Waals surface area contributed by atoms with Crippen molar-refractivity contribution in [3.8, 4) is 0 Å². The third-order valence-corrected chi connectivity index (χ3v) is 3.30. The van der Waals surface area contributed by atoms with Crippen LogP contribution in [0.15, 0.2) is 0 Å². The van der Waals surface area contributed by atoms with Crippen LogP contribution in [0.25, 0.3) is 0 Å².